The van der Waals surface area contributed by atoms with Gasteiger partial charge in [0.25, 0.3) is 5.91 Å². The van der Waals surface area contributed by atoms with Crippen LogP contribution < -0.4 is 14.8 Å². The topological polar surface area (TPSA) is 90.7 Å². The fraction of sp³-hybridized carbons (Fsp3) is 0.0800. The minimum Gasteiger partial charge on any atom is -0.497 e. The molecule has 0 saturated carbocycles. The minimum atomic E-state index is -0.546. The highest BCUT2D eigenvalue weighted by Gasteiger charge is 2.10. The van der Waals surface area contributed by atoms with Crippen molar-refractivity contribution in [2.45, 2.75) is 0 Å². The van der Waals surface area contributed by atoms with Crippen molar-refractivity contribution in [2.75, 3.05) is 19.5 Å². The van der Waals surface area contributed by atoms with Crippen molar-refractivity contribution in [3.63, 3.8) is 0 Å². The summed E-state index contributed by atoms with van der Waals surface area (Å²) < 4.78 is 23.7. The summed E-state index contributed by atoms with van der Waals surface area (Å²) in [5.41, 5.74) is 2.97. The fourth-order valence-electron chi connectivity index (χ4n) is 3.03. The number of halogens is 1. The molecule has 3 aromatic carbocycles. The van der Waals surface area contributed by atoms with E-state index in [1.165, 1.54) is 44.6 Å². The Morgan fingerprint density at radius 3 is 2.27 bits per heavy atom. The SMILES string of the molecule is COc1cc(/C=C/c2ccc(NC(=O)c3ccc(F)cc3)cc2)c(/C=C/[N+](=O)[O-])c(OC)c1. The average Bonchev–Trinajstić information content (AvgIpc) is 2.82. The second-order valence-electron chi connectivity index (χ2n) is 6.85. The van der Waals surface area contributed by atoms with Crippen molar-refractivity contribution >= 4 is 29.8 Å². The molecule has 0 aliphatic rings. The van der Waals surface area contributed by atoms with Gasteiger partial charge in [0.2, 0.25) is 6.20 Å². The molecule has 1 N–H and O–H groups in total. The Balaban J connectivity index is 1.81. The van der Waals surface area contributed by atoms with Crippen molar-refractivity contribution in [3.05, 3.63) is 105 Å². The van der Waals surface area contributed by atoms with E-state index in [4.69, 9.17) is 9.47 Å². The second-order valence-corrected chi connectivity index (χ2v) is 6.85. The number of rotatable bonds is 8. The molecule has 0 unspecified atom stereocenters. The van der Waals surface area contributed by atoms with E-state index < -0.39 is 10.7 Å². The lowest BCUT2D eigenvalue weighted by Crippen LogP contribution is -2.11. The zero-order valence-electron chi connectivity index (χ0n) is 17.9. The third-order valence-electron chi connectivity index (χ3n) is 4.70. The maximum absolute atomic E-state index is 13.0. The molecule has 0 spiro atoms. The highest BCUT2D eigenvalue weighted by Crippen LogP contribution is 2.31. The molecular formula is C25H21FN2O5. The number of methoxy groups -OCH3 is 2. The van der Waals surface area contributed by atoms with Crippen molar-refractivity contribution in [2.24, 2.45) is 0 Å². The van der Waals surface area contributed by atoms with Gasteiger partial charge < -0.3 is 14.8 Å². The smallest absolute Gasteiger partial charge is 0.255 e. The van der Waals surface area contributed by atoms with E-state index in [1.54, 1.807) is 42.5 Å². The Hall–Kier alpha value is -4.46. The summed E-state index contributed by atoms with van der Waals surface area (Å²) in [5.74, 6) is 0.229. The molecule has 8 heteroatoms. The molecule has 3 rings (SSSR count). The number of carbonyl (C=O) groups is 1. The first kappa shape index (κ1) is 23.2. The van der Waals surface area contributed by atoms with Gasteiger partial charge in [-0.25, -0.2) is 4.39 Å². The predicted molar refractivity (Wildman–Crippen MR) is 125 cm³/mol. The third-order valence-corrected chi connectivity index (χ3v) is 4.70. The van der Waals surface area contributed by atoms with Gasteiger partial charge in [0.15, 0.2) is 0 Å². The molecule has 0 saturated heterocycles. The number of amides is 1. The van der Waals surface area contributed by atoms with Gasteiger partial charge in [-0.15, -0.1) is 0 Å². The summed E-state index contributed by atoms with van der Waals surface area (Å²) in [7, 11) is 3.00. The standard InChI is InChI=1S/C25H21FN2O5/c1-32-22-15-19(23(13-14-28(30)31)24(16-22)33-2)6-3-17-4-11-21(12-5-17)27-25(29)18-7-9-20(26)10-8-18/h3-16H,1-2H3,(H,27,29)/b6-3+,14-13+. The van der Waals surface area contributed by atoms with Crippen LogP contribution in [0.4, 0.5) is 10.1 Å². The third kappa shape index (κ3) is 6.27. The summed E-state index contributed by atoms with van der Waals surface area (Å²) in [6.07, 6.45) is 5.83. The number of carbonyl (C=O) groups excluding carboxylic acids is 1. The zero-order valence-corrected chi connectivity index (χ0v) is 17.9. The van der Waals surface area contributed by atoms with E-state index in [2.05, 4.69) is 5.32 Å². The van der Waals surface area contributed by atoms with Crippen molar-refractivity contribution in [1.29, 1.82) is 0 Å². The Bertz CT molecular complexity index is 1200. The van der Waals surface area contributed by atoms with E-state index in [0.29, 0.717) is 33.9 Å². The second kappa shape index (κ2) is 10.7. The van der Waals surface area contributed by atoms with Crippen LogP contribution in [0.1, 0.15) is 27.0 Å². The van der Waals surface area contributed by atoms with Gasteiger partial charge in [-0.2, -0.15) is 0 Å². The van der Waals surface area contributed by atoms with Gasteiger partial charge >= 0.3 is 0 Å². The van der Waals surface area contributed by atoms with Crippen molar-refractivity contribution in [1.82, 2.24) is 0 Å². The van der Waals surface area contributed by atoms with Crippen LogP contribution in [0, 0.1) is 15.9 Å². The van der Waals surface area contributed by atoms with Crippen LogP contribution in [0.5, 0.6) is 11.5 Å². The first-order valence-electron chi connectivity index (χ1n) is 9.82. The molecule has 0 aromatic heterocycles. The largest absolute Gasteiger partial charge is 0.497 e. The lowest BCUT2D eigenvalue weighted by molar-refractivity contribution is -0.400. The normalized spacial score (nSPS) is 11.0. The van der Waals surface area contributed by atoms with Crippen LogP contribution in [0.3, 0.4) is 0 Å². The quantitative estimate of drug-likeness (QED) is 0.279. The molecule has 0 bridgehead atoms. The molecule has 1 amide bonds. The van der Waals surface area contributed by atoms with Crippen molar-refractivity contribution < 1.29 is 23.6 Å². The van der Waals surface area contributed by atoms with E-state index in [0.717, 1.165) is 11.8 Å². The van der Waals surface area contributed by atoms with Gasteiger partial charge in [0.05, 0.1) is 19.1 Å². The van der Waals surface area contributed by atoms with Gasteiger partial charge in [0.1, 0.15) is 17.3 Å². The van der Waals surface area contributed by atoms with E-state index in [-0.39, 0.29) is 5.91 Å². The molecular weight excluding hydrogens is 427 g/mol. The number of anilines is 1. The number of nitrogens with one attached hydrogen (secondary N) is 1. The van der Waals surface area contributed by atoms with Crippen LogP contribution in [0.2, 0.25) is 0 Å². The molecule has 0 aliphatic heterocycles. The first-order chi connectivity index (χ1) is 15.9. The van der Waals surface area contributed by atoms with Gasteiger partial charge in [0, 0.05) is 29.0 Å². The Morgan fingerprint density at radius 2 is 1.67 bits per heavy atom. The van der Waals surface area contributed by atoms with Crippen LogP contribution in [-0.2, 0) is 0 Å². The monoisotopic (exact) mass is 448 g/mol. The molecule has 0 atom stereocenters. The molecule has 33 heavy (non-hydrogen) atoms. The average molecular weight is 448 g/mol. The molecule has 168 valence electrons. The summed E-state index contributed by atoms with van der Waals surface area (Å²) in [5, 5.41) is 13.5. The molecule has 0 aliphatic carbocycles. The molecule has 0 radical (unpaired) electrons. The molecule has 3 aromatic rings. The maximum atomic E-state index is 13.0. The van der Waals surface area contributed by atoms with Crippen molar-refractivity contribution in [3.8, 4) is 11.5 Å². The Morgan fingerprint density at radius 1 is 0.970 bits per heavy atom. The van der Waals surface area contributed by atoms with Crippen LogP contribution in [-0.4, -0.2) is 25.1 Å². The van der Waals surface area contributed by atoms with Gasteiger partial charge in [-0.1, -0.05) is 24.3 Å². The summed E-state index contributed by atoms with van der Waals surface area (Å²) >= 11 is 0. The predicted octanol–water partition coefficient (Wildman–Crippen LogP) is 5.51. The summed E-state index contributed by atoms with van der Waals surface area (Å²) in [6.45, 7) is 0. The zero-order chi connectivity index (χ0) is 23.8. The minimum absolute atomic E-state index is 0.344. The Labute approximate surface area is 189 Å². The maximum Gasteiger partial charge on any atom is 0.255 e. The number of nitrogens with zero attached hydrogens (tertiary/aromatic N) is 1. The van der Waals surface area contributed by atoms with E-state index >= 15 is 0 Å². The molecule has 7 nitrogen and oxygen atoms in total. The first-order valence-corrected chi connectivity index (χ1v) is 9.82. The number of hydrogen-bond donors (Lipinski definition) is 1. The van der Waals surface area contributed by atoms with Crippen LogP contribution in [0.15, 0.2) is 66.9 Å². The highest BCUT2D eigenvalue weighted by atomic mass is 19.1. The number of nitro groups is 1. The summed E-state index contributed by atoms with van der Waals surface area (Å²) in [6, 6.07) is 15.8. The van der Waals surface area contributed by atoms with Gasteiger partial charge in [-0.05, 0) is 53.6 Å². The van der Waals surface area contributed by atoms with E-state index in [9.17, 15) is 19.3 Å². The van der Waals surface area contributed by atoms with Gasteiger partial charge in [-0.3, -0.25) is 14.9 Å². The number of ether oxygens (including phenoxy) is 2. The highest BCUT2D eigenvalue weighted by molar-refractivity contribution is 6.04. The lowest BCUT2D eigenvalue weighted by Gasteiger charge is -2.11. The number of benzene rings is 3. The van der Waals surface area contributed by atoms with Crippen LogP contribution in [0.25, 0.3) is 18.2 Å². The Kier molecular flexibility index (Phi) is 7.54. The lowest BCUT2D eigenvalue weighted by atomic mass is 10.0. The fourth-order valence-corrected chi connectivity index (χ4v) is 3.03. The molecule has 0 heterocycles. The number of hydrogen-bond acceptors (Lipinski definition) is 5. The molecule has 0 fully saturated rings. The summed E-state index contributed by atoms with van der Waals surface area (Å²) in [4.78, 5) is 22.5. The van der Waals surface area contributed by atoms with Crippen LogP contribution >= 0.6 is 0 Å². The van der Waals surface area contributed by atoms with E-state index in [1.807, 2.05) is 6.08 Å².